The summed E-state index contributed by atoms with van der Waals surface area (Å²) in [6.45, 7) is 6.78. The van der Waals surface area contributed by atoms with Crippen molar-refractivity contribution in [1.82, 2.24) is 10.2 Å². The zero-order valence-electron chi connectivity index (χ0n) is 19.0. The summed E-state index contributed by atoms with van der Waals surface area (Å²) in [5.74, 6) is 0.677. The van der Waals surface area contributed by atoms with Gasteiger partial charge in [-0.1, -0.05) is 62.2 Å². The van der Waals surface area contributed by atoms with Gasteiger partial charge in [0.2, 0.25) is 5.91 Å². The minimum absolute atomic E-state index is 0.131. The van der Waals surface area contributed by atoms with Crippen LogP contribution in [0.25, 0.3) is 0 Å². The van der Waals surface area contributed by atoms with Crippen molar-refractivity contribution in [3.05, 3.63) is 59.7 Å². The molecule has 2 aromatic carbocycles. The Morgan fingerprint density at radius 1 is 1.03 bits per heavy atom. The van der Waals surface area contributed by atoms with E-state index in [4.69, 9.17) is 9.47 Å². The second kappa shape index (κ2) is 12.6. The van der Waals surface area contributed by atoms with Crippen LogP contribution >= 0.6 is 0 Å². The van der Waals surface area contributed by atoms with Crippen molar-refractivity contribution >= 4 is 11.8 Å². The molecule has 0 aromatic heterocycles. The molecule has 1 atom stereocenters. The number of unbranched alkanes of at least 4 members (excludes halogenated alkanes) is 1. The monoisotopic (exact) mass is 426 g/mol. The molecule has 0 bridgehead atoms. The van der Waals surface area contributed by atoms with Crippen LogP contribution in [-0.4, -0.2) is 43.0 Å². The summed E-state index contributed by atoms with van der Waals surface area (Å²) in [5, 5.41) is 2.96. The van der Waals surface area contributed by atoms with Gasteiger partial charge in [-0.05, 0) is 37.5 Å². The molecule has 0 spiro atoms. The van der Waals surface area contributed by atoms with E-state index in [-0.39, 0.29) is 18.4 Å². The number of ether oxygens (including phenoxy) is 2. The van der Waals surface area contributed by atoms with Gasteiger partial charge in [0.05, 0.1) is 7.11 Å². The van der Waals surface area contributed by atoms with Gasteiger partial charge < -0.3 is 19.7 Å². The Hall–Kier alpha value is -3.02. The quantitative estimate of drug-likeness (QED) is 0.519. The summed E-state index contributed by atoms with van der Waals surface area (Å²) < 4.78 is 11.0. The SMILES string of the molecule is CCCCNC(=O)[C@H](CC)N(Cc1ccc(C)cc1)C(=O)COc1ccccc1OC. The van der Waals surface area contributed by atoms with Gasteiger partial charge >= 0.3 is 0 Å². The Labute approximate surface area is 185 Å². The van der Waals surface area contributed by atoms with E-state index in [1.165, 1.54) is 0 Å². The van der Waals surface area contributed by atoms with Crippen LogP contribution in [0.4, 0.5) is 0 Å². The summed E-state index contributed by atoms with van der Waals surface area (Å²) in [7, 11) is 1.56. The summed E-state index contributed by atoms with van der Waals surface area (Å²) in [6, 6.07) is 14.6. The number of hydrogen-bond donors (Lipinski definition) is 1. The normalized spacial score (nSPS) is 11.5. The van der Waals surface area contributed by atoms with E-state index >= 15 is 0 Å². The van der Waals surface area contributed by atoms with Gasteiger partial charge in [0.15, 0.2) is 18.1 Å². The van der Waals surface area contributed by atoms with Crippen LogP contribution in [-0.2, 0) is 16.1 Å². The highest BCUT2D eigenvalue weighted by Crippen LogP contribution is 2.26. The van der Waals surface area contributed by atoms with Crippen molar-refractivity contribution in [2.24, 2.45) is 0 Å². The molecule has 0 heterocycles. The first kappa shape index (κ1) is 24.3. The Morgan fingerprint density at radius 2 is 1.71 bits per heavy atom. The van der Waals surface area contributed by atoms with Crippen molar-refractivity contribution in [2.45, 2.75) is 52.6 Å². The van der Waals surface area contributed by atoms with Crippen LogP contribution in [0.5, 0.6) is 11.5 Å². The van der Waals surface area contributed by atoms with Crippen LogP contribution < -0.4 is 14.8 Å². The van der Waals surface area contributed by atoms with E-state index in [1.54, 1.807) is 24.1 Å². The molecule has 31 heavy (non-hydrogen) atoms. The lowest BCUT2D eigenvalue weighted by molar-refractivity contribution is -0.143. The second-order valence-electron chi connectivity index (χ2n) is 7.52. The van der Waals surface area contributed by atoms with Crippen LogP contribution in [0.3, 0.4) is 0 Å². The number of hydrogen-bond acceptors (Lipinski definition) is 4. The van der Waals surface area contributed by atoms with Crippen molar-refractivity contribution in [2.75, 3.05) is 20.3 Å². The number of carbonyl (C=O) groups excluding carboxylic acids is 2. The second-order valence-corrected chi connectivity index (χ2v) is 7.52. The molecule has 0 aliphatic heterocycles. The molecule has 0 fully saturated rings. The van der Waals surface area contributed by atoms with Gasteiger partial charge in [-0.15, -0.1) is 0 Å². The molecule has 0 radical (unpaired) electrons. The topological polar surface area (TPSA) is 67.9 Å². The standard InChI is InChI=1S/C25H34N2O4/c1-5-7-16-26-25(29)21(6-2)27(17-20-14-12-19(3)13-15-20)24(28)18-31-23-11-9-8-10-22(23)30-4/h8-15,21H,5-7,16-18H2,1-4H3,(H,26,29)/t21-/m0/s1. The largest absolute Gasteiger partial charge is 0.493 e. The van der Waals surface area contributed by atoms with Crippen molar-refractivity contribution in [1.29, 1.82) is 0 Å². The number of carbonyl (C=O) groups is 2. The summed E-state index contributed by atoms with van der Waals surface area (Å²) in [4.78, 5) is 27.7. The minimum atomic E-state index is -0.563. The van der Waals surface area contributed by atoms with Gasteiger partial charge in [-0.2, -0.15) is 0 Å². The Kier molecular flexibility index (Phi) is 9.88. The molecule has 2 amide bonds. The molecule has 0 aliphatic carbocycles. The van der Waals surface area contributed by atoms with Crippen LogP contribution in [0.15, 0.2) is 48.5 Å². The van der Waals surface area contributed by atoms with Crippen molar-refractivity contribution in [3.8, 4) is 11.5 Å². The fraction of sp³-hybridized carbons (Fsp3) is 0.440. The van der Waals surface area contributed by atoms with Crippen molar-refractivity contribution in [3.63, 3.8) is 0 Å². The maximum Gasteiger partial charge on any atom is 0.261 e. The predicted octanol–water partition coefficient (Wildman–Crippen LogP) is 4.11. The molecule has 0 saturated carbocycles. The van der Waals surface area contributed by atoms with E-state index in [0.29, 0.717) is 31.0 Å². The number of benzene rings is 2. The average Bonchev–Trinajstić information content (AvgIpc) is 2.79. The molecule has 6 nitrogen and oxygen atoms in total. The van der Waals surface area contributed by atoms with E-state index in [9.17, 15) is 9.59 Å². The van der Waals surface area contributed by atoms with Crippen LogP contribution in [0, 0.1) is 6.92 Å². The first-order valence-corrected chi connectivity index (χ1v) is 10.9. The average molecular weight is 427 g/mol. The third-order valence-electron chi connectivity index (χ3n) is 5.11. The predicted molar refractivity (Wildman–Crippen MR) is 122 cm³/mol. The number of para-hydroxylation sites is 2. The number of methoxy groups -OCH3 is 1. The highest BCUT2D eigenvalue weighted by Gasteiger charge is 2.29. The molecular weight excluding hydrogens is 392 g/mol. The molecule has 1 N–H and O–H groups in total. The third-order valence-corrected chi connectivity index (χ3v) is 5.11. The lowest BCUT2D eigenvalue weighted by atomic mass is 10.1. The first-order valence-electron chi connectivity index (χ1n) is 10.9. The molecule has 0 unspecified atom stereocenters. The van der Waals surface area contributed by atoms with E-state index < -0.39 is 6.04 Å². The maximum absolute atomic E-state index is 13.2. The molecule has 0 saturated heterocycles. The van der Waals surface area contributed by atoms with Gasteiger partial charge in [0, 0.05) is 13.1 Å². The van der Waals surface area contributed by atoms with Gasteiger partial charge in [0.1, 0.15) is 6.04 Å². The molecule has 168 valence electrons. The molecule has 2 aromatic rings. The summed E-state index contributed by atoms with van der Waals surface area (Å²) in [6.07, 6.45) is 2.42. The fourth-order valence-electron chi connectivity index (χ4n) is 3.28. The first-order chi connectivity index (χ1) is 15.0. The highest BCUT2D eigenvalue weighted by molar-refractivity contribution is 5.88. The minimum Gasteiger partial charge on any atom is -0.493 e. The molecule has 2 rings (SSSR count). The van der Waals surface area contributed by atoms with Crippen LogP contribution in [0.1, 0.15) is 44.2 Å². The number of nitrogens with zero attached hydrogens (tertiary/aromatic N) is 1. The zero-order chi connectivity index (χ0) is 22.6. The lowest BCUT2D eigenvalue weighted by Gasteiger charge is -2.30. The number of nitrogens with one attached hydrogen (secondary N) is 1. The maximum atomic E-state index is 13.2. The highest BCUT2D eigenvalue weighted by atomic mass is 16.5. The van der Waals surface area contributed by atoms with E-state index in [1.807, 2.05) is 50.2 Å². The Morgan fingerprint density at radius 3 is 2.32 bits per heavy atom. The van der Waals surface area contributed by atoms with Crippen molar-refractivity contribution < 1.29 is 19.1 Å². The number of rotatable bonds is 12. The molecular formula is C25H34N2O4. The van der Waals surface area contributed by atoms with E-state index in [2.05, 4.69) is 12.2 Å². The smallest absolute Gasteiger partial charge is 0.261 e. The van der Waals surface area contributed by atoms with Gasteiger partial charge in [0.25, 0.3) is 5.91 Å². The summed E-state index contributed by atoms with van der Waals surface area (Å²) >= 11 is 0. The van der Waals surface area contributed by atoms with E-state index in [0.717, 1.165) is 24.0 Å². The number of amides is 2. The third kappa shape index (κ3) is 7.31. The lowest BCUT2D eigenvalue weighted by Crippen LogP contribution is -2.50. The summed E-state index contributed by atoms with van der Waals surface area (Å²) in [5.41, 5.74) is 2.11. The van der Waals surface area contributed by atoms with Crippen LogP contribution in [0.2, 0.25) is 0 Å². The Bertz CT molecular complexity index is 836. The fourth-order valence-corrected chi connectivity index (χ4v) is 3.28. The zero-order valence-corrected chi connectivity index (χ0v) is 19.0. The number of aryl methyl sites for hydroxylation is 1. The molecule has 0 aliphatic rings. The Balaban J connectivity index is 2.19. The van der Waals surface area contributed by atoms with Gasteiger partial charge in [-0.3, -0.25) is 9.59 Å². The van der Waals surface area contributed by atoms with Gasteiger partial charge in [-0.25, -0.2) is 0 Å². The molecule has 6 heteroatoms.